The standard InChI is InChI=1S/C20H16N4O3/c1-12-11-27-20(21-12)13-5-4-6-14(9-13)22-18(25)10-17-15-7-2-3-8-16(15)19(26)24-23-17/h2-9,11H,10H2,1H3,(H,22,25)(H,24,26). The number of anilines is 1. The molecule has 0 bridgehead atoms. The van der Waals surface area contributed by atoms with E-state index in [9.17, 15) is 9.59 Å². The number of nitrogens with one attached hydrogen (secondary N) is 2. The van der Waals surface area contributed by atoms with Crippen molar-refractivity contribution in [1.82, 2.24) is 15.2 Å². The van der Waals surface area contributed by atoms with Gasteiger partial charge in [-0.1, -0.05) is 24.3 Å². The smallest absolute Gasteiger partial charge is 0.272 e. The number of rotatable bonds is 4. The van der Waals surface area contributed by atoms with E-state index in [-0.39, 0.29) is 17.9 Å². The molecule has 2 aromatic heterocycles. The van der Waals surface area contributed by atoms with Crippen molar-refractivity contribution in [1.29, 1.82) is 0 Å². The molecule has 27 heavy (non-hydrogen) atoms. The van der Waals surface area contributed by atoms with E-state index in [1.165, 1.54) is 0 Å². The van der Waals surface area contributed by atoms with Crippen LogP contribution in [0.2, 0.25) is 0 Å². The molecule has 0 aliphatic carbocycles. The highest BCUT2D eigenvalue weighted by atomic mass is 16.3. The van der Waals surface area contributed by atoms with Crippen LogP contribution in [-0.4, -0.2) is 21.1 Å². The summed E-state index contributed by atoms with van der Waals surface area (Å²) in [5.74, 6) is 0.261. The quantitative estimate of drug-likeness (QED) is 0.582. The number of amides is 1. The fourth-order valence-corrected chi connectivity index (χ4v) is 2.88. The number of aromatic nitrogens is 3. The number of hydrogen-bond donors (Lipinski definition) is 2. The average Bonchev–Trinajstić information content (AvgIpc) is 3.11. The fourth-order valence-electron chi connectivity index (χ4n) is 2.88. The predicted octanol–water partition coefficient (Wildman–Crippen LogP) is 3.07. The van der Waals surface area contributed by atoms with Gasteiger partial charge in [0.1, 0.15) is 6.26 Å². The van der Waals surface area contributed by atoms with Gasteiger partial charge in [-0.15, -0.1) is 0 Å². The van der Waals surface area contributed by atoms with E-state index in [2.05, 4.69) is 20.5 Å². The fraction of sp³-hybridized carbons (Fsp3) is 0.100. The van der Waals surface area contributed by atoms with E-state index in [0.29, 0.717) is 28.0 Å². The monoisotopic (exact) mass is 360 g/mol. The van der Waals surface area contributed by atoms with Gasteiger partial charge >= 0.3 is 0 Å². The van der Waals surface area contributed by atoms with Crippen LogP contribution in [0.5, 0.6) is 0 Å². The number of hydrogen-bond acceptors (Lipinski definition) is 5. The van der Waals surface area contributed by atoms with E-state index in [1.54, 1.807) is 36.6 Å². The topological polar surface area (TPSA) is 101 Å². The molecule has 7 heteroatoms. The third kappa shape index (κ3) is 3.48. The van der Waals surface area contributed by atoms with Crippen molar-refractivity contribution in [3.63, 3.8) is 0 Å². The number of carbonyl (C=O) groups excluding carboxylic acids is 1. The van der Waals surface area contributed by atoms with E-state index in [1.807, 2.05) is 25.1 Å². The predicted molar refractivity (Wildman–Crippen MR) is 101 cm³/mol. The Morgan fingerprint density at radius 1 is 1.15 bits per heavy atom. The minimum Gasteiger partial charge on any atom is -0.444 e. The molecule has 0 saturated heterocycles. The second-order valence-electron chi connectivity index (χ2n) is 6.14. The van der Waals surface area contributed by atoms with E-state index < -0.39 is 0 Å². The van der Waals surface area contributed by atoms with Crippen LogP contribution in [0.3, 0.4) is 0 Å². The normalized spacial score (nSPS) is 10.9. The van der Waals surface area contributed by atoms with Crippen LogP contribution < -0.4 is 10.9 Å². The third-order valence-corrected chi connectivity index (χ3v) is 4.12. The lowest BCUT2D eigenvalue weighted by Crippen LogP contribution is -2.18. The highest BCUT2D eigenvalue weighted by molar-refractivity contribution is 5.95. The van der Waals surface area contributed by atoms with Crippen LogP contribution in [0.15, 0.2) is 64.0 Å². The Bertz CT molecular complexity index is 1190. The minimum atomic E-state index is -0.274. The van der Waals surface area contributed by atoms with Crippen molar-refractivity contribution in [2.45, 2.75) is 13.3 Å². The first-order chi connectivity index (χ1) is 13.1. The van der Waals surface area contributed by atoms with Crippen molar-refractivity contribution < 1.29 is 9.21 Å². The Kier molecular flexibility index (Phi) is 4.25. The molecule has 0 saturated carbocycles. The molecular formula is C20H16N4O3. The van der Waals surface area contributed by atoms with Crippen molar-refractivity contribution in [3.05, 3.63) is 76.5 Å². The van der Waals surface area contributed by atoms with E-state index >= 15 is 0 Å². The molecule has 1 amide bonds. The molecule has 2 N–H and O–H groups in total. The number of aromatic amines is 1. The Balaban J connectivity index is 1.56. The summed E-state index contributed by atoms with van der Waals surface area (Å²) in [6.07, 6.45) is 1.62. The van der Waals surface area contributed by atoms with Crippen LogP contribution in [0.1, 0.15) is 11.4 Å². The summed E-state index contributed by atoms with van der Waals surface area (Å²) < 4.78 is 5.40. The highest BCUT2D eigenvalue weighted by Gasteiger charge is 2.12. The molecule has 0 aliphatic heterocycles. The average molecular weight is 360 g/mol. The molecular weight excluding hydrogens is 344 g/mol. The molecule has 0 spiro atoms. The van der Waals surface area contributed by atoms with Crippen molar-refractivity contribution in [2.24, 2.45) is 0 Å². The first kappa shape index (κ1) is 16.7. The molecule has 0 fully saturated rings. The maximum atomic E-state index is 12.5. The van der Waals surface area contributed by atoms with E-state index in [4.69, 9.17) is 4.42 Å². The first-order valence-electron chi connectivity index (χ1n) is 8.39. The lowest BCUT2D eigenvalue weighted by Gasteiger charge is -2.07. The molecule has 0 atom stereocenters. The molecule has 7 nitrogen and oxygen atoms in total. The van der Waals surface area contributed by atoms with Crippen LogP contribution in [0.4, 0.5) is 5.69 Å². The summed E-state index contributed by atoms with van der Waals surface area (Å²) in [6, 6.07) is 14.3. The molecule has 0 unspecified atom stereocenters. The molecule has 4 rings (SSSR count). The molecule has 4 aromatic rings. The maximum Gasteiger partial charge on any atom is 0.272 e. The van der Waals surface area contributed by atoms with Gasteiger partial charge in [-0.2, -0.15) is 5.10 Å². The number of benzene rings is 2. The van der Waals surface area contributed by atoms with Gasteiger partial charge in [0.05, 0.1) is 23.2 Å². The summed E-state index contributed by atoms with van der Waals surface area (Å²) >= 11 is 0. The van der Waals surface area contributed by atoms with Gasteiger partial charge in [-0.05, 0) is 31.2 Å². The zero-order valence-electron chi connectivity index (χ0n) is 14.5. The number of H-pyrrole nitrogens is 1. The zero-order valence-corrected chi connectivity index (χ0v) is 14.5. The SMILES string of the molecule is Cc1coc(-c2cccc(NC(=O)Cc3n[nH]c(=O)c4ccccc34)c2)n1. The first-order valence-corrected chi connectivity index (χ1v) is 8.39. The second kappa shape index (κ2) is 6.87. The van der Waals surface area contributed by atoms with Crippen molar-refractivity contribution in [2.75, 3.05) is 5.32 Å². The van der Waals surface area contributed by atoms with Gasteiger partial charge in [0, 0.05) is 16.6 Å². The van der Waals surface area contributed by atoms with Gasteiger partial charge < -0.3 is 9.73 Å². The lowest BCUT2D eigenvalue weighted by molar-refractivity contribution is -0.115. The number of fused-ring (bicyclic) bond motifs is 1. The molecule has 0 radical (unpaired) electrons. The highest BCUT2D eigenvalue weighted by Crippen LogP contribution is 2.22. The van der Waals surface area contributed by atoms with Gasteiger partial charge in [0.25, 0.3) is 5.56 Å². The number of carbonyl (C=O) groups is 1. The largest absolute Gasteiger partial charge is 0.444 e. The Labute approximate surface area is 154 Å². The van der Waals surface area contributed by atoms with Gasteiger partial charge in [-0.3, -0.25) is 9.59 Å². The third-order valence-electron chi connectivity index (χ3n) is 4.12. The van der Waals surface area contributed by atoms with Crippen LogP contribution in [-0.2, 0) is 11.2 Å². The second-order valence-corrected chi connectivity index (χ2v) is 6.14. The molecule has 2 aromatic carbocycles. The van der Waals surface area contributed by atoms with Crippen LogP contribution in [0.25, 0.3) is 22.2 Å². The summed E-state index contributed by atoms with van der Waals surface area (Å²) in [5.41, 5.74) is 2.43. The summed E-state index contributed by atoms with van der Waals surface area (Å²) in [6.45, 7) is 1.85. The van der Waals surface area contributed by atoms with Gasteiger partial charge in [0.2, 0.25) is 11.8 Å². The van der Waals surface area contributed by atoms with Crippen LogP contribution in [0, 0.1) is 6.92 Å². The number of nitrogens with zero attached hydrogens (tertiary/aromatic N) is 2. The summed E-state index contributed by atoms with van der Waals surface area (Å²) in [4.78, 5) is 28.6. The zero-order chi connectivity index (χ0) is 18.8. The maximum absolute atomic E-state index is 12.5. The Morgan fingerprint density at radius 3 is 2.74 bits per heavy atom. The summed E-state index contributed by atoms with van der Waals surface area (Å²) in [5, 5.41) is 10.5. The minimum absolute atomic E-state index is 0.0413. The summed E-state index contributed by atoms with van der Waals surface area (Å²) in [7, 11) is 0. The van der Waals surface area contributed by atoms with E-state index in [0.717, 1.165) is 11.3 Å². The Hall–Kier alpha value is -3.74. The number of oxazole rings is 1. The van der Waals surface area contributed by atoms with Gasteiger partial charge in [-0.25, -0.2) is 10.1 Å². The Morgan fingerprint density at radius 2 is 1.96 bits per heavy atom. The molecule has 134 valence electrons. The number of aryl methyl sites for hydroxylation is 1. The van der Waals surface area contributed by atoms with Crippen molar-refractivity contribution in [3.8, 4) is 11.5 Å². The van der Waals surface area contributed by atoms with Crippen molar-refractivity contribution >= 4 is 22.4 Å². The lowest BCUT2D eigenvalue weighted by atomic mass is 10.1. The van der Waals surface area contributed by atoms with Gasteiger partial charge in [0.15, 0.2) is 0 Å². The molecule has 2 heterocycles. The van der Waals surface area contributed by atoms with Crippen LogP contribution >= 0.6 is 0 Å². The molecule has 0 aliphatic rings.